The van der Waals surface area contributed by atoms with E-state index in [9.17, 15) is 14.9 Å². The minimum atomic E-state index is -0.478. The summed E-state index contributed by atoms with van der Waals surface area (Å²) in [5.41, 5.74) is 1.50. The van der Waals surface area contributed by atoms with Gasteiger partial charge in [0.25, 0.3) is 11.2 Å². The van der Waals surface area contributed by atoms with E-state index in [1.165, 1.54) is 25.5 Å². The van der Waals surface area contributed by atoms with Crippen LogP contribution in [-0.4, -0.2) is 27.9 Å². The molecule has 4 aromatic carbocycles. The fraction of sp³-hybridized carbons (Fsp3) is 0.0645. The number of nitro groups is 1. The lowest BCUT2D eigenvalue weighted by atomic mass is 10.2. The van der Waals surface area contributed by atoms with E-state index in [0.717, 1.165) is 10.1 Å². The van der Waals surface area contributed by atoms with Crippen molar-refractivity contribution in [3.05, 3.63) is 127 Å². The van der Waals surface area contributed by atoms with E-state index < -0.39 is 10.5 Å². The highest BCUT2D eigenvalue weighted by molar-refractivity contribution is 6.31. The van der Waals surface area contributed by atoms with E-state index in [-0.39, 0.29) is 23.9 Å². The maximum atomic E-state index is 13.7. The number of fused-ring (bicyclic) bond motifs is 2. The second kappa shape index (κ2) is 11.6. The van der Waals surface area contributed by atoms with Gasteiger partial charge < -0.3 is 13.9 Å². The fourth-order valence-corrected chi connectivity index (χ4v) is 4.94. The number of nitro benzene ring substituents is 1. The lowest BCUT2D eigenvalue weighted by molar-refractivity contribution is -0.384. The number of non-ortho nitro benzene ring substituents is 1. The summed E-state index contributed by atoms with van der Waals surface area (Å²) in [4.78, 5) is 29.1. The molecule has 2 aromatic heterocycles. The monoisotopic (exact) mass is 614 g/mol. The predicted octanol–water partition coefficient (Wildman–Crippen LogP) is 7.49. The van der Waals surface area contributed by atoms with Crippen LogP contribution < -0.4 is 15.0 Å². The van der Waals surface area contributed by atoms with Crippen molar-refractivity contribution < 1.29 is 18.8 Å². The SMILES string of the molecule is COc1cc(Cl)cc(C=Nn2c(-c3cc4cc(Cl)ccc4o3)nc3ccccc3c2=O)c1OCc1cccc([N+](=O)[O-])c1. The van der Waals surface area contributed by atoms with Crippen LogP contribution in [0.2, 0.25) is 10.0 Å². The molecule has 0 radical (unpaired) electrons. The molecular formula is C31H20Cl2N4O6. The van der Waals surface area contributed by atoms with Crippen molar-refractivity contribution in [2.45, 2.75) is 6.61 Å². The molecule has 0 N–H and O–H groups in total. The predicted molar refractivity (Wildman–Crippen MR) is 165 cm³/mol. The van der Waals surface area contributed by atoms with Crippen molar-refractivity contribution in [1.82, 2.24) is 9.66 Å². The van der Waals surface area contributed by atoms with Crippen LogP contribution in [0, 0.1) is 10.1 Å². The zero-order chi connectivity index (χ0) is 30.1. The van der Waals surface area contributed by atoms with E-state index in [2.05, 4.69) is 5.10 Å². The minimum absolute atomic E-state index is 0.00914. The van der Waals surface area contributed by atoms with Gasteiger partial charge in [-0.3, -0.25) is 14.9 Å². The molecule has 0 atom stereocenters. The smallest absolute Gasteiger partial charge is 0.282 e. The zero-order valence-electron chi connectivity index (χ0n) is 22.4. The molecule has 6 rings (SSSR count). The third-order valence-electron chi connectivity index (χ3n) is 6.54. The summed E-state index contributed by atoms with van der Waals surface area (Å²) in [5, 5.41) is 17.7. The van der Waals surface area contributed by atoms with Crippen LogP contribution in [0.5, 0.6) is 11.5 Å². The average Bonchev–Trinajstić information content (AvgIpc) is 3.43. The van der Waals surface area contributed by atoms with E-state index >= 15 is 0 Å². The van der Waals surface area contributed by atoms with Crippen LogP contribution in [0.4, 0.5) is 5.69 Å². The Morgan fingerprint density at radius 1 is 1.02 bits per heavy atom. The lowest BCUT2D eigenvalue weighted by Crippen LogP contribution is -2.20. The van der Waals surface area contributed by atoms with Gasteiger partial charge in [-0.15, -0.1) is 0 Å². The normalized spacial score (nSPS) is 11.4. The summed E-state index contributed by atoms with van der Waals surface area (Å²) >= 11 is 12.5. The lowest BCUT2D eigenvalue weighted by Gasteiger charge is -2.14. The van der Waals surface area contributed by atoms with Gasteiger partial charge >= 0.3 is 0 Å². The van der Waals surface area contributed by atoms with Gasteiger partial charge in [-0.25, -0.2) is 4.98 Å². The summed E-state index contributed by atoms with van der Waals surface area (Å²) in [7, 11) is 1.45. The Labute approximate surface area is 253 Å². The molecule has 0 aliphatic heterocycles. The zero-order valence-corrected chi connectivity index (χ0v) is 23.9. The maximum Gasteiger partial charge on any atom is 0.282 e. The molecule has 214 valence electrons. The molecule has 43 heavy (non-hydrogen) atoms. The molecule has 0 saturated heterocycles. The summed E-state index contributed by atoms with van der Waals surface area (Å²) in [5.74, 6) is 1.05. The molecule has 0 aliphatic rings. The first-order valence-corrected chi connectivity index (χ1v) is 13.6. The van der Waals surface area contributed by atoms with Crippen molar-refractivity contribution in [3.8, 4) is 23.1 Å². The Bertz CT molecular complexity index is 2120. The van der Waals surface area contributed by atoms with Crippen molar-refractivity contribution in [2.24, 2.45) is 5.10 Å². The Morgan fingerprint density at radius 3 is 2.67 bits per heavy atom. The van der Waals surface area contributed by atoms with Gasteiger partial charge in [0.1, 0.15) is 12.2 Å². The molecule has 0 spiro atoms. The number of halogens is 2. The average molecular weight is 615 g/mol. The topological polar surface area (TPSA) is 122 Å². The number of ether oxygens (including phenoxy) is 2. The van der Waals surface area contributed by atoms with Gasteiger partial charge in [0.2, 0.25) is 5.82 Å². The van der Waals surface area contributed by atoms with Crippen LogP contribution in [0.1, 0.15) is 11.1 Å². The van der Waals surface area contributed by atoms with E-state index in [4.69, 9.17) is 42.1 Å². The molecule has 10 nitrogen and oxygen atoms in total. The largest absolute Gasteiger partial charge is 0.493 e. The number of methoxy groups -OCH3 is 1. The third kappa shape index (κ3) is 5.66. The van der Waals surface area contributed by atoms with Gasteiger partial charge in [0.15, 0.2) is 17.3 Å². The fourth-order valence-electron chi connectivity index (χ4n) is 4.54. The highest BCUT2D eigenvalue weighted by Gasteiger charge is 2.18. The van der Waals surface area contributed by atoms with Crippen molar-refractivity contribution in [1.29, 1.82) is 0 Å². The van der Waals surface area contributed by atoms with Crippen LogP contribution in [0.3, 0.4) is 0 Å². The molecule has 0 aliphatic carbocycles. The molecule has 0 fully saturated rings. The first-order valence-electron chi connectivity index (χ1n) is 12.8. The van der Waals surface area contributed by atoms with E-state index in [1.807, 2.05) is 0 Å². The van der Waals surface area contributed by atoms with Crippen molar-refractivity contribution >= 4 is 57.0 Å². The number of para-hydroxylation sites is 1. The quantitative estimate of drug-likeness (QED) is 0.0988. The van der Waals surface area contributed by atoms with Gasteiger partial charge in [0, 0.05) is 39.2 Å². The van der Waals surface area contributed by atoms with Gasteiger partial charge in [-0.05, 0) is 48.0 Å². The molecule has 0 saturated carbocycles. The molecule has 0 unspecified atom stereocenters. The number of benzene rings is 4. The minimum Gasteiger partial charge on any atom is -0.493 e. The number of nitrogens with zero attached hydrogens (tertiary/aromatic N) is 4. The second-order valence-corrected chi connectivity index (χ2v) is 10.2. The third-order valence-corrected chi connectivity index (χ3v) is 6.99. The number of furan rings is 1. The molecule has 6 aromatic rings. The van der Waals surface area contributed by atoms with Gasteiger partial charge in [0.05, 0.1) is 29.2 Å². The Kier molecular flexibility index (Phi) is 7.54. The van der Waals surface area contributed by atoms with E-state index in [1.54, 1.807) is 72.8 Å². The Balaban J connectivity index is 1.46. The van der Waals surface area contributed by atoms with Crippen LogP contribution >= 0.6 is 23.2 Å². The maximum absolute atomic E-state index is 13.7. The summed E-state index contributed by atoms with van der Waals surface area (Å²) in [6, 6.07) is 23.1. The standard InChI is InChI=1S/C31H20Cl2N4O6/c1-41-27-15-22(33)13-20(29(27)42-17-18-5-4-6-23(11-18)37(39)40)16-34-36-30(35-25-8-3-2-7-24(25)31(36)38)28-14-19-12-21(32)9-10-26(19)43-28/h2-16H,17H2,1H3. The van der Waals surface area contributed by atoms with Crippen LogP contribution in [0.15, 0.2) is 99.2 Å². The van der Waals surface area contributed by atoms with Crippen molar-refractivity contribution in [2.75, 3.05) is 7.11 Å². The molecular weight excluding hydrogens is 595 g/mol. The van der Waals surface area contributed by atoms with Crippen LogP contribution in [-0.2, 0) is 6.61 Å². The van der Waals surface area contributed by atoms with Crippen molar-refractivity contribution in [3.63, 3.8) is 0 Å². The molecule has 2 heterocycles. The summed E-state index contributed by atoms with van der Waals surface area (Å²) in [6.45, 7) is -0.00914. The Morgan fingerprint density at radius 2 is 1.86 bits per heavy atom. The first-order chi connectivity index (χ1) is 20.8. The summed E-state index contributed by atoms with van der Waals surface area (Å²) in [6.07, 6.45) is 1.40. The number of hydrogen-bond donors (Lipinski definition) is 0. The highest BCUT2D eigenvalue weighted by atomic mass is 35.5. The second-order valence-electron chi connectivity index (χ2n) is 9.35. The van der Waals surface area contributed by atoms with Gasteiger partial charge in [-0.2, -0.15) is 9.78 Å². The van der Waals surface area contributed by atoms with Crippen LogP contribution in [0.25, 0.3) is 33.5 Å². The Hall–Kier alpha value is -5.19. The van der Waals surface area contributed by atoms with E-state index in [0.29, 0.717) is 49.2 Å². The molecule has 0 amide bonds. The summed E-state index contributed by atoms with van der Waals surface area (Å²) < 4.78 is 18.7. The highest BCUT2D eigenvalue weighted by Crippen LogP contribution is 2.35. The van der Waals surface area contributed by atoms with Gasteiger partial charge in [-0.1, -0.05) is 47.5 Å². The number of hydrogen-bond acceptors (Lipinski definition) is 8. The molecule has 0 bridgehead atoms. The number of rotatable bonds is 8. The first kappa shape index (κ1) is 28.0. The number of aromatic nitrogens is 2. The molecule has 12 heteroatoms.